The fourth-order valence-electron chi connectivity index (χ4n) is 2.88. The van der Waals surface area contributed by atoms with Crippen molar-refractivity contribution in [2.24, 2.45) is 5.73 Å². The van der Waals surface area contributed by atoms with Gasteiger partial charge in [-0.1, -0.05) is 18.2 Å². The number of rotatable bonds is 3. The van der Waals surface area contributed by atoms with Crippen LogP contribution in [-0.4, -0.2) is 5.75 Å². The Hall–Kier alpha value is -0.810. The molecule has 1 aliphatic rings. The molecule has 1 nitrogen and oxygen atoms in total. The molecule has 2 aromatic heterocycles. The van der Waals surface area contributed by atoms with Crippen LogP contribution in [0.1, 0.15) is 26.9 Å². The van der Waals surface area contributed by atoms with Gasteiger partial charge in [-0.2, -0.15) is 11.8 Å². The molecule has 0 radical (unpaired) electrons. The minimum Gasteiger partial charge on any atom is -0.323 e. The maximum Gasteiger partial charge on any atom is 0.0431 e. The number of hydrogen-bond acceptors (Lipinski definition) is 4. The number of thioether (sulfide) groups is 1. The molecule has 21 heavy (non-hydrogen) atoms. The first-order valence-corrected chi connectivity index (χ1v) is 10.1. The third-order valence-electron chi connectivity index (χ3n) is 4.01. The molecule has 0 fully saturated rings. The van der Waals surface area contributed by atoms with Crippen LogP contribution in [0, 0.1) is 0 Å². The van der Waals surface area contributed by atoms with Crippen molar-refractivity contribution < 1.29 is 0 Å². The topological polar surface area (TPSA) is 26.0 Å². The Kier molecular flexibility index (Phi) is 3.79. The van der Waals surface area contributed by atoms with Gasteiger partial charge in [0.15, 0.2) is 0 Å². The molecule has 4 rings (SSSR count). The smallest absolute Gasteiger partial charge is 0.0431 e. The Morgan fingerprint density at radius 2 is 2.14 bits per heavy atom. The number of hydrogen-bond donors (Lipinski definition) is 1. The molecule has 0 aliphatic carbocycles. The Bertz CT molecular complexity index is 748. The fraction of sp³-hybridized carbons (Fsp3) is 0.294. The molecule has 0 spiro atoms. The summed E-state index contributed by atoms with van der Waals surface area (Å²) in [6.07, 6.45) is 2.16. The molecule has 0 saturated heterocycles. The van der Waals surface area contributed by atoms with Crippen LogP contribution in [-0.2, 0) is 18.6 Å². The van der Waals surface area contributed by atoms with Gasteiger partial charge in [0.2, 0.25) is 0 Å². The second-order valence-corrected chi connectivity index (χ2v) is 8.65. The van der Waals surface area contributed by atoms with Crippen LogP contribution in [0.3, 0.4) is 0 Å². The lowest BCUT2D eigenvalue weighted by Crippen LogP contribution is -2.11. The van der Waals surface area contributed by atoms with E-state index in [9.17, 15) is 0 Å². The lowest BCUT2D eigenvalue weighted by Gasteiger charge is -2.08. The maximum absolute atomic E-state index is 6.50. The maximum atomic E-state index is 6.50. The number of benzene rings is 1. The summed E-state index contributed by atoms with van der Waals surface area (Å²) in [5, 5.41) is 3.64. The zero-order chi connectivity index (χ0) is 14.2. The largest absolute Gasteiger partial charge is 0.323 e. The van der Waals surface area contributed by atoms with Crippen LogP contribution in [0.25, 0.3) is 10.1 Å². The van der Waals surface area contributed by atoms with E-state index in [1.807, 2.05) is 34.4 Å². The molecule has 2 N–H and O–H groups in total. The van der Waals surface area contributed by atoms with Gasteiger partial charge >= 0.3 is 0 Å². The summed E-state index contributed by atoms with van der Waals surface area (Å²) in [6, 6.07) is 11.1. The summed E-state index contributed by atoms with van der Waals surface area (Å²) in [5.74, 6) is 2.43. The van der Waals surface area contributed by atoms with Crippen molar-refractivity contribution in [3.05, 3.63) is 56.6 Å². The van der Waals surface area contributed by atoms with E-state index >= 15 is 0 Å². The van der Waals surface area contributed by atoms with Crippen molar-refractivity contribution >= 4 is 44.5 Å². The molecular formula is C17H17NS3. The monoisotopic (exact) mass is 331 g/mol. The third kappa shape index (κ3) is 2.66. The average molecular weight is 332 g/mol. The standard InChI is InChI=1S/C17H17NS3/c18-14(17-8-12-9-19-6-5-15(12)21-17)7-11-10-20-16-4-2-1-3-13(11)16/h1-4,8,10,14H,5-7,9,18H2. The van der Waals surface area contributed by atoms with Gasteiger partial charge < -0.3 is 5.73 Å². The molecule has 1 aliphatic heterocycles. The van der Waals surface area contributed by atoms with Gasteiger partial charge in [-0.05, 0) is 52.6 Å². The van der Waals surface area contributed by atoms with Crippen LogP contribution >= 0.6 is 34.4 Å². The molecule has 1 atom stereocenters. The lowest BCUT2D eigenvalue weighted by atomic mass is 10.0. The predicted molar refractivity (Wildman–Crippen MR) is 96.6 cm³/mol. The van der Waals surface area contributed by atoms with Crippen LogP contribution in [0.5, 0.6) is 0 Å². The first kappa shape index (κ1) is 13.8. The number of fused-ring (bicyclic) bond motifs is 2. The van der Waals surface area contributed by atoms with Gasteiger partial charge in [0, 0.05) is 26.2 Å². The highest BCUT2D eigenvalue weighted by molar-refractivity contribution is 7.98. The summed E-state index contributed by atoms with van der Waals surface area (Å²) >= 11 is 5.80. The van der Waals surface area contributed by atoms with Crippen LogP contribution in [0.2, 0.25) is 0 Å². The molecule has 3 heterocycles. The first-order chi connectivity index (χ1) is 10.3. The van der Waals surface area contributed by atoms with Crippen molar-refractivity contribution in [1.29, 1.82) is 0 Å². The van der Waals surface area contributed by atoms with Crippen molar-refractivity contribution in [2.75, 3.05) is 5.75 Å². The molecule has 4 heteroatoms. The summed E-state index contributed by atoms with van der Waals surface area (Å²) in [5.41, 5.74) is 9.41. The Morgan fingerprint density at radius 1 is 1.24 bits per heavy atom. The van der Waals surface area contributed by atoms with Crippen LogP contribution in [0.4, 0.5) is 0 Å². The lowest BCUT2D eigenvalue weighted by molar-refractivity contribution is 0.741. The van der Waals surface area contributed by atoms with Crippen LogP contribution < -0.4 is 5.73 Å². The number of thiophene rings is 2. The molecular weight excluding hydrogens is 314 g/mol. The van der Waals surface area contributed by atoms with Gasteiger partial charge in [-0.25, -0.2) is 0 Å². The highest BCUT2D eigenvalue weighted by atomic mass is 32.2. The van der Waals surface area contributed by atoms with E-state index in [0.717, 1.165) is 6.42 Å². The average Bonchev–Trinajstić information content (AvgIpc) is 3.11. The van der Waals surface area contributed by atoms with Crippen molar-refractivity contribution in [2.45, 2.75) is 24.6 Å². The van der Waals surface area contributed by atoms with E-state index in [1.54, 1.807) is 4.88 Å². The molecule has 3 aromatic rings. The zero-order valence-electron chi connectivity index (χ0n) is 11.7. The van der Waals surface area contributed by atoms with E-state index in [2.05, 4.69) is 35.7 Å². The van der Waals surface area contributed by atoms with E-state index in [0.29, 0.717) is 0 Å². The second kappa shape index (κ2) is 5.76. The SMILES string of the molecule is NC(Cc1csc2ccccc12)c1cc2c(s1)CCSC2. The van der Waals surface area contributed by atoms with Gasteiger partial charge in [0.25, 0.3) is 0 Å². The van der Waals surface area contributed by atoms with Gasteiger partial charge in [0.05, 0.1) is 0 Å². The molecule has 0 bridgehead atoms. The predicted octanol–water partition coefficient (Wildman–Crippen LogP) is 4.99. The molecule has 108 valence electrons. The van der Waals surface area contributed by atoms with Crippen molar-refractivity contribution in [3.63, 3.8) is 0 Å². The van der Waals surface area contributed by atoms with Gasteiger partial charge in [-0.3, -0.25) is 0 Å². The van der Waals surface area contributed by atoms with E-state index in [4.69, 9.17) is 5.73 Å². The number of aryl methyl sites for hydroxylation is 1. The van der Waals surface area contributed by atoms with Crippen LogP contribution in [0.15, 0.2) is 35.7 Å². The highest BCUT2D eigenvalue weighted by Crippen LogP contribution is 2.36. The normalized spacial score (nSPS) is 16.0. The zero-order valence-corrected chi connectivity index (χ0v) is 14.1. The Labute approximate surface area is 137 Å². The molecule has 1 aromatic carbocycles. The Balaban J connectivity index is 1.60. The quantitative estimate of drug-likeness (QED) is 0.731. The first-order valence-electron chi connectivity index (χ1n) is 7.21. The van der Waals surface area contributed by atoms with Crippen molar-refractivity contribution in [1.82, 2.24) is 0 Å². The summed E-state index contributed by atoms with van der Waals surface area (Å²) in [7, 11) is 0. The van der Waals surface area contributed by atoms with Gasteiger partial charge in [0.1, 0.15) is 0 Å². The summed E-state index contributed by atoms with van der Waals surface area (Å²) in [4.78, 5) is 2.92. The van der Waals surface area contributed by atoms with Crippen molar-refractivity contribution in [3.8, 4) is 0 Å². The van der Waals surface area contributed by atoms with E-state index in [-0.39, 0.29) is 6.04 Å². The van der Waals surface area contributed by atoms with Gasteiger partial charge in [-0.15, -0.1) is 22.7 Å². The molecule has 0 saturated carbocycles. The fourth-order valence-corrected chi connectivity index (χ4v) is 6.23. The molecule has 1 unspecified atom stereocenters. The van der Waals surface area contributed by atoms with E-state index in [1.165, 1.54) is 44.0 Å². The highest BCUT2D eigenvalue weighted by Gasteiger charge is 2.18. The minimum absolute atomic E-state index is 0.128. The van der Waals surface area contributed by atoms with E-state index < -0.39 is 0 Å². The summed E-state index contributed by atoms with van der Waals surface area (Å²) < 4.78 is 1.36. The third-order valence-corrected chi connectivity index (χ3v) is 7.40. The molecule has 0 amide bonds. The number of nitrogens with two attached hydrogens (primary N) is 1. The minimum atomic E-state index is 0.128. The Morgan fingerprint density at radius 3 is 3.05 bits per heavy atom. The second-order valence-electron chi connectivity index (χ2n) is 5.47. The summed E-state index contributed by atoms with van der Waals surface area (Å²) in [6.45, 7) is 0.